The molecule has 27 heavy (non-hydrogen) atoms. The first-order valence-electron chi connectivity index (χ1n) is 8.18. The Morgan fingerprint density at radius 1 is 0.889 bits per heavy atom. The van der Waals surface area contributed by atoms with Crippen molar-refractivity contribution in [2.24, 2.45) is 0 Å². The Balaban J connectivity index is 1.69. The fourth-order valence-corrected chi connectivity index (χ4v) is 3.02. The first kappa shape index (κ1) is 19.2. The molecule has 0 spiro atoms. The molecule has 0 bridgehead atoms. The lowest BCUT2D eigenvalue weighted by molar-refractivity contribution is -0.126. The Bertz CT molecular complexity index is 852. The number of halogens is 5. The van der Waals surface area contributed by atoms with E-state index in [4.69, 9.17) is 11.6 Å². The second-order valence-corrected chi connectivity index (χ2v) is 6.35. The summed E-state index contributed by atoms with van der Waals surface area (Å²) < 4.78 is 55.4. The average molecular weight is 399 g/mol. The van der Waals surface area contributed by atoms with Crippen LogP contribution in [0.15, 0.2) is 36.4 Å². The lowest BCUT2D eigenvalue weighted by Crippen LogP contribution is -2.49. The van der Waals surface area contributed by atoms with Crippen LogP contribution < -0.4 is 4.90 Å². The molecule has 142 valence electrons. The molecule has 0 N–H and O–H groups in total. The monoisotopic (exact) mass is 398 g/mol. The lowest BCUT2D eigenvalue weighted by atomic mass is 10.2. The smallest absolute Gasteiger partial charge is 0.246 e. The van der Waals surface area contributed by atoms with Gasteiger partial charge < -0.3 is 9.80 Å². The summed E-state index contributed by atoms with van der Waals surface area (Å²) in [6.07, 6.45) is 3.08. The van der Waals surface area contributed by atoms with Gasteiger partial charge in [0.25, 0.3) is 0 Å². The number of hydrogen-bond acceptors (Lipinski definition) is 2. The van der Waals surface area contributed by atoms with Crippen molar-refractivity contribution in [1.29, 1.82) is 0 Å². The van der Waals surface area contributed by atoms with E-state index < -0.39 is 34.0 Å². The van der Waals surface area contributed by atoms with Gasteiger partial charge in [0.1, 0.15) is 10.7 Å². The lowest BCUT2D eigenvalue weighted by Gasteiger charge is -2.36. The van der Waals surface area contributed by atoms with Crippen LogP contribution in [0.2, 0.25) is 5.02 Å². The van der Waals surface area contributed by atoms with Crippen LogP contribution in [0, 0.1) is 23.3 Å². The molecule has 0 atom stereocenters. The van der Waals surface area contributed by atoms with E-state index in [0.717, 1.165) is 10.5 Å². The maximum atomic E-state index is 14.1. The fourth-order valence-electron chi connectivity index (χ4n) is 2.86. The van der Waals surface area contributed by atoms with E-state index in [1.807, 2.05) is 30.3 Å². The minimum atomic E-state index is -1.63. The van der Waals surface area contributed by atoms with Crippen molar-refractivity contribution >= 4 is 29.3 Å². The summed E-state index contributed by atoms with van der Waals surface area (Å²) in [5.74, 6) is -6.59. The van der Waals surface area contributed by atoms with E-state index in [2.05, 4.69) is 0 Å². The maximum Gasteiger partial charge on any atom is 0.246 e. The topological polar surface area (TPSA) is 23.6 Å². The summed E-state index contributed by atoms with van der Waals surface area (Å²) in [5.41, 5.74) is 0.0575. The van der Waals surface area contributed by atoms with E-state index in [-0.39, 0.29) is 32.1 Å². The molecular formula is C19H15ClF4N2O. The molecule has 3 nitrogen and oxygen atoms in total. The van der Waals surface area contributed by atoms with Gasteiger partial charge in [-0.3, -0.25) is 4.79 Å². The van der Waals surface area contributed by atoms with Crippen molar-refractivity contribution in [3.05, 3.63) is 70.3 Å². The van der Waals surface area contributed by atoms with E-state index in [1.54, 1.807) is 6.08 Å². The normalized spacial score (nSPS) is 14.9. The van der Waals surface area contributed by atoms with E-state index in [0.29, 0.717) is 0 Å². The molecule has 0 aliphatic carbocycles. The van der Waals surface area contributed by atoms with Gasteiger partial charge in [-0.1, -0.05) is 41.9 Å². The fraction of sp³-hybridized carbons (Fsp3) is 0.211. The van der Waals surface area contributed by atoms with Gasteiger partial charge in [0.15, 0.2) is 23.3 Å². The van der Waals surface area contributed by atoms with Crippen LogP contribution in [0.3, 0.4) is 0 Å². The highest BCUT2D eigenvalue weighted by Gasteiger charge is 2.30. The largest absolute Gasteiger partial charge is 0.363 e. The van der Waals surface area contributed by atoms with Crippen molar-refractivity contribution in [3.8, 4) is 0 Å². The van der Waals surface area contributed by atoms with Gasteiger partial charge in [-0.2, -0.15) is 0 Å². The van der Waals surface area contributed by atoms with Crippen LogP contribution in [0.25, 0.3) is 6.08 Å². The number of rotatable bonds is 3. The summed E-state index contributed by atoms with van der Waals surface area (Å²) in [5, 5.41) is -1.21. The second kappa shape index (κ2) is 8.00. The molecule has 8 heteroatoms. The predicted molar refractivity (Wildman–Crippen MR) is 95.6 cm³/mol. The molecule has 2 aromatic rings. The molecule has 0 unspecified atom stereocenters. The summed E-state index contributed by atoms with van der Waals surface area (Å²) in [4.78, 5) is 14.9. The van der Waals surface area contributed by atoms with Crippen LogP contribution >= 0.6 is 11.6 Å². The predicted octanol–water partition coefficient (Wildman–Crippen LogP) is 4.26. The summed E-state index contributed by atoms with van der Waals surface area (Å²) >= 11 is 5.24. The SMILES string of the molecule is O=C(/C=C/c1ccccc1)N1CCN(c2c(F)c(F)c(Cl)c(F)c2F)CC1. The number of carbonyl (C=O) groups is 1. The number of benzene rings is 2. The van der Waals surface area contributed by atoms with Crippen molar-refractivity contribution in [1.82, 2.24) is 4.90 Å². The van der Waals surface area contributed by atoms with Crippen molar-refractivity contribution in [2.45, 2.75) is 0 Å². The Morgan fingerprint density at radius 3 is 2.00 bits per heavy atom. The highest BCUT2D eigenvalue weighted by atomic mass is 35.5. The third-order valence-corrected chi connectivity index (χ3v) is 4.64. The van der Waals surface area contributed by atoms with E-state index >= 15 is 0 Å². The molecular weight excluding hydrogens is 384 g/mol. The summed E-state index contributed by atoms with van der Waals surface area (Å²) in [7, 11) is 0. The van der Waals surface area contributed by atoms with Crippen LogP contribution in [0.5, 0.6) is 0 Å². The van der Waals surface area contributed by atoms with Crippen LogP contribution in [0.4, 0.5) is 23.2 Å². The Morgan fingerprint density at radius 2 is 1.44 bits per heavy atom. The van der Waals surface area contributed by atoms with E-state index in [1.165, 1.54) is 11.0 Å². The molecule has 1 heterocycles. The molecule has 1 fully saturated rings. The number of amides is 1. The highest BCUT2D eigenvalue weighted by Crippen LogP contribution is 2.33. The molecule has 0 saturated carbocycles. The Kier molecular flexibility index (Phi) is 5.70. The molecule has 1 amide bonds. The first-order chi connectivity index (χ1) is 12.9. The second-order valence-electron chi connectivity index (χ2n) is 5.97. The molecule has 2 aromatic carbocycles. The van der Waals surface area contributed by atoms with Gasteiger partial charge in [-0.15, -0.1) is 0 Å². The molecule has 1 saturated heterocycles. The van der Waals surface area contributed by atoms with Crippen molar-refractivity contribution in [3.63, 3.8) is 0 Å². The molecule has 0 aromatic heterocycles. The number of piperazine rings is 1. The molecule has 0 radical (unpaired) electrons. The van der Waals surface area contributed by atoms with Gasteiger partial charge in [0.2, 0.25) is 5.91 Å². The Labute approximate surface area is 158 Å². The van der Waals surface area contributed by atoms with Crippen LogP contribution in [-0.4, -0.2) is 37.0 Å². The average Bonchev–Trinajstić information content (AvgIpc) is 2.70. The zero-order chi connectivity index (χ0) is 19.6. The molecule has 1 aliphatic heterocycles. The molecule has 1 aliphatic rings. The van der Waals surface area contributed by atoms with Gasteiger partial charge in [0.05, 0.1) is 0 Å². The van der Waals surface area contributed by atoms with Gasteiger partial charge >= 0.3 is 0 Å². The third-order valence-electron chi connectivity index (χ3n) is 4.31. The minimum Gasteiger partial charge on any atom is -0.363 e. The van der Waals surface area contributed by atoms with Gasteiger partial charge in [0, 0.05) is 32.3 Å². The van der Waals surface area contributed by atoms with Crippen LogP contribution in [-0.2, 0) is 4.79 Å². The number of nitrogens with zero attached hydrogens (tertiary/aromatic N) is 2. The Hall–Kier alpha value is -2.54. The van der Waals surface area contributed by atoms with Gasteiger partial charge in [-0.25, -0.2) is 17.6 Å². The van der Waals surface area contributed by atoms with Crippen molar-refractivity contribution < 1.29 is 22.4 Å². The first-order valence-corrected chi connectivity index (χ1v) is 8.56. The number of carbonyl (C=O) groups excluding carboxylic acids is 1. The summed E-state index contributed by atoms with van der Waals surface area (Å²) in [6, 6.07) is 9.24. The highest BCUT2D eigenvalue weighted by molar-refractivity contribution is 6.31. The minimum absolute atomic E-state index is 0.0271. The summed E-state index contributed by atoms with van der Waals surface area (Å²) in [6.45, 7) is 0.365. The number of hydrogen-bond donors (Lipinski definition) is 0. The number of anilines is 1. The van der Waals surface area contributed by atoms with Crippen molar-refractivity contribution in [2.75, 3.05) is 31.1 Å². The van der Waals surface area contributed by atoms with Gasteiger partial charge in [-0.05, 0) is 11.6 Å². The zero-order valence-corrected chi connectivity index (χ0v) is 14.8. The zero-order valence-electron chi connectivity index (χ0n) is 14.1. The maximum absolute atomic E-state index is 14.1. The molecule has 3 rings (SSSR count). The van der Waals surface area contributed by atoms with E-state index in [9.17, 15) is 22.4 Å². The standard InChI is InChI=1S/C19H15ClF4N2O/c20-14-15(21)17(23)19(18(24)16(14)22)26-10-8-25(9-11-26)13(27)7-6-12-4-2-1-3-5-12/h1-7H,8-11H2/b7-6+. The quantitative estimate of drug-likeness (QED) is 0.334. The van der Waals surface area contributed by atoms with Crippen LogP contribution in [0.1, 0.15) is 5.56 Å². The third kappa shape index (κ3) is 3.93.